The molecule has 0 bridgehead atoms. The van der Waals surface area contributed by atoms with Gasteiger partial charge in [-0.05, 0) is 37.1 Å². The first-order valence-corrected chi connectivity index (χ1v) is 5.74. The zero-order chi connectivity index (χ0) is 9.84. The topological polar surface area (TPSA) is 12.0 Å². The first-order chi connectivity index (χ1) is 6.15. The van der Waals surface area contributed by atoms with Gasteiger partial charge >= 0.3 is 0 Å². The highest BCUT2D eigenvalue weighted by Crippen LogP contribution is 2.37. The van der Waals surface area contributed by atoms with Crippen LogP contribution in [-0.4, -0.2) is 6.54 Å². The summed E-state index contributed by atoms with van der Waals surface area (Å²) in [6, 6.07) is 1.62. The summed E-state index contributed by atoms with van der Waals surface area (Å²) >= 11 is 0. The van der Waals surface area contributed by atoms with Gasteiger partial charge in [-0.2, -0.15) is 0 Å². The molecule has 1 radical (unpaired) electrons. The Morgan fingerprint density at radius 3 is 2.62 bits per heavy atom. The van der Waals surface area contributed by atoms with Crippen LogP contribution in [0.2, 0.25) is 0 Å². The fourth-order valence-electron chi connectivity index (χ4n) is 2.43. The summed E-state index contributed by atoms with van der Waals surface area (Å²) in [4.78, 5) is 0. The van der Waals surface area contributed by atoms with Gasteiger partial charge in [-0.15, -0.1) is 0 Å². The normalized spacial score (nSPS) is 31.2. The van der Waals surface area contributed by atoms with Crippen LogP contribution in [0.4, 0.5) is 0 Å². The van der Waals surface area contributed by atoms with Crippen LogP contribution in [0.25, 0.3) is 0 Å². The van der Waals surface area contributed by atoms with Crippen molar-refractivity contribution in [2.24, 2.45) is 17.8 Å². The summed E-state index contributed by atoms with van der Waals surface area (Å²) in [7, 11) is 0. The molecule has 1 N–H and O–H groups in total. The van der Waals surface area contributed by atoms with Gasteiger partial charge in [0, 0.05) is 6.04 Å². The van der Waals surface area contributed by atoms with E-state index in [1.165, 1.54) is 19.3 Å². The van der Waals surface area contributed by atoms with Crippen LogP contribution >= 0.6 is 0 Å². The molecule has 1 saturated carbocycles. The van der Waals surface area contributed by atoms with E-state index in [1.807, 2.05) is 0 Å². The summed E-state index contributed by atoms with van der Waals surface area (Å²) in [6.45, 7) is 10.3. The van der Waals surface area contributed by atoms with Crippen molar-refractivity contribution < 1.29 is 0 Å². The average Bonchev–Trinajstić information content (AvgIpc) is 2.04. The lowest BCUT2D eigenvalue weighted by atomic mass is 9.74. The Labute approximate surface area is 83.3 Å². The minimum absolute atomic E-state index is 0.807. The Morgan fingerprint density at radius 1 is 1.38 bits per heavy atom. The molecule has 0 aromatic heterocycles. The van der Waals surface area contributed by atoms with Crippen molar-refractivity contribution in [2.75, 3.05) is 6.54 Å². The molecule has 0 aromatic carbocycles. The van der Waals surface area contributed by atoms with Crippen molar-refractivity contribution in [2.45, 2.75) is 47.0 Å². The lowest BCUT2D eigenvalue weighted by molar-refractivity contribution is 0.241. The third kappa shape index (κ3) is 2.98. The van der Waals surface area contributed by atoms with E-state index in [0.29, 0.717) is 0 Å². The minimum Gasteiger partial charge on any atom is -0.310 e. The van der Waals surface area contributed by atoms with E-state index < -0.39 is 0 Å². The van der Waals surface area contributed by atoms with Crippen LogP contribution in [0.5, 0.6) is 0 Å². The van der Waals surface area contributed by atoms with Gasteiger partial charge in [-0.3, -0.25) is 0 Å². The molecule has 2 unspecified atom stereocenters. The van der Waals surface area contributed by atoms with Crippen molar-refractivity contribution in [3.8, 4) is 0 Å². The van der Waals surface area contributed by atoms with Gasteiger partial charge in [-0.1, -0.05) is 34.1 Å². The van der Waals surface area contributed by atoms with Crippen molar-refractivity contribution in [1.29, 1.82) is 0 Å². The van der Waals surface area contributed by atoms with Gasteiger partial charge in [0.25, 0.3) is 0 Å². The molecular weight excluding hydrogens is 158 g/mol. The predicted molar refractivity (Wildman–Crippen MR) is 58.3 cm³/mol. The molecular formula is C12H24N. The second kappa shape index (κ2) is 4.99. The Balaban J connectivity index is 2.50. The molecule has 0 saturated heterocycles. The van der Waals surface area contributed by atoms with Gasteiger partial charge < -0.3 is 5.32 Å². The maximum Gasteiger partial charge on any atom is 0.0400 e. The van der Waals surface area contributed by atoms with Crippen molar-refractivity contribution in [3.63, 3.8) is 0 Å². The quantitative estimate of drug-likeness (QED) is 0.706. The maximum atomic E-state index is 3.56. The molecule has 0 heterocycles. The molecule has 2 atom stereocenters. The van der Waals surface area contributed by atoms with E-state index in [9.17, 15) is 0 Å². The summed E-state index contributed by atoms with van der Waals surface area (Å²) in [6.07, 6.45) is 4.11. The molecule has 0 amide bonds. The summed E-state index contributed by atoms with van der Waals surface area (Å²) in [5.41, 5.74) is 0. The zero-order valence-corrected chi connectivity index (χ0v) is 9.56. The molecule has 0 spiro atoms. The minimum atomic E-state index is 0.807. The standard InChI is InChI=1S/C12H24N/c1-5-13-12-8-10(4)6-7-11(12)9(2)3/h9-11,13H,5-8H2,1-4H3. The van der Waals surface area contributed by atoms with Gasteiger partial charge in [0.05, 0.1) is 0 Å². The van der Waals surface area contributed by atoms with E-state index in [0.717, 1.165) is 24.3 Å². The fourth-order valence-corrected chi connectivity index (χ4v) is 2.43. The van der Waals surface area contributed by atoms with Crippen LogP contribution in [0.15, 0.2) is 0 Å². The number of hydrogen-bond acceptors (Lipinski definition) is 1. The molecule has 1 aliphatic rings. The van der Waals surface area contributed by atoms with E-state index in [4.69, 9.17) is 0 Å². The van der Waals surface area contributed by atoms with Gasteiger partial charge in [0.15, 0.2) is 0 Å². The van der Waals surface area contributed by atoms with Crippen LogP contribution in [0.1, 0.15) is 47.0 Å². The molecule has 77 valence electrons. The highest BCUT2D eigenvalue weighted by molar-refractivity contribution is 4.99. The van der Waals surface area contributed by atoms with Gasteiger partial charge in [0.2, 0.25) is 0 Å². The molecule has 1 heteroatoms. The maximum absolute atomic E-state index is 3.56. The predicted octanol–water partition coefficient (Wildman–Crippen LogP) is 3.22. The molecule has 1 fully saturated rings. The molecule has 1 aliphatic carbocycles. The zero-order valence-electron chi connectivity index (χ0n) is 9.56. The van der Waals surface area contributed by atoms with E-state index >= 15 is 0 Å². The molecule has 13 heavy (non-hydrogen) atoms. The van der Waals surface area contributed by atoms with Crippen molar-refractivity contribution in [3.05, 3.63) is 6.04 Å². The first kappa shape index (κ1) is 11.0. The molecule has 1 rings (SSSR count). The Morgan fingerprint density at radius 2 is 2.08 bits per heavy atom. The van der Waals surface area contributed by atoms with Gasteiger partial charge in [0.1, 0.15) is 0 Å². The molecule has 0 aliphatic heterocycles. The SMILES string of the molecule is CCN[C]1CC(C)CCC1C(C)C. The third-order valence-electron chi connectivity index (χ3n) is 3.20. The number of rotatable bonds is 3. The first-order valence-electron chi connectivity index (χ1n) is 5.74. The van der Waals surface area contributed by atoms with Crippen LogP contribution in [0, 0.1) is 23.8 Å². The van der Waals surface area contributed by atoms with Gasteiger partial charge in [-0.25, -0.2) is 0 Å². The summed E-state index contributed by atoms with van der Waals surface area (Å²) in [5.74, 6) is 2.53. The summed E-state index contributed by atoms with van der Waals surface area (Å²) < 4.78 is 0. The smallest absolute Gasteiger partial charge is 0.0400 e. The molecule has 1 nitrogen and oxygen atoms in total. The number of hydrogen-bond donors (Lipinski definition) is 1. The largest absolute Gasteiger partial charge is 0.310 e. The van der Waals surface area contributed by atoms with E-state index in [1.54, 1.807) is 6.04 Å². The highest BCUT2D eigenvalue weighted by Gasteiger charge is 2.30. The Bertz CT molecular complexity index is 142. The second-order valence-electron chi connectivity index (χ2n) is 4.79. The number of nitrogens with one attached hydrogen (secondary N) is 1. The monoisotopic (exact) mass is 182 g/mol. The van der Waals surface area contributed by atoms with Crippen LogP contribution < -0.4 is 5.32 Å². The van der Waals surface area contributed by atoms with Crippen LogP contribution in [0.3, 0.4) is 0 Å². The van der Waals surface area contributed by atoms with Crippen molar-refractivity contribution >= 4 is 0 Å². The molecule has 0 aromatic rings. The van der Waals surface area contributed by atoms with Crippen molar-refractivity contribution in [1.82, 2.24) is 5.32 Å². The van der Waals surface area contributed by atoms with Crippen LogP contribution in [-0.2, 0) is 0 Å². The Hall–Kier alpha value is -0.0400. The fraction of sp³-hybridized carbons (Fsp3) is 0.917. The van der Waals surface area contributed by atoms with E-state index in [2.05, 4.69) is 33.0 Å². The third-order valence-corrected chi connectivity index (χ3v) is 3.20. The lowest BCUT2D eigenvalue weighted by Gasteiger charge is -2.37. The van der Waals surface area contributed by atoms with E-state index in [-0.39, 0.29) is 0 Å². The summed E-state index contributed by atoms with van der Waals surface area (Å²) in [5, 5.41) is 3.56. The second-order valence-corrected chi connectivity index (χ2v) is 4.79. The highest BCUT2D eigenvalue weighted by atomic mass is 14.9. The average molecular weight is 182 g/mol. The Kier molecular flexibility index (Phi) is 4.24. The lowest BCUT2D eigenvalue weighted by Crippen LogP contribution is -2.35.